The maximum atomic E-state index is 10.5. The van der Waals surface area contributed by atoms with E-state index in [1.54, 1.807) is 0 Å². The number of nitrogens with zero attached hydrogens (tertiary/aromatic N) is 1. The van der Waals surface area contributed by atoms with Crippen LogP contribution in [0.3, 0.4) is 0 Å². The van der Waals surface area contributed by atoms with E-state index in [4.69, 9.17) is 18.9 Å². The van der Waals surface area contributed by atoms with Crippen molar-refractivity contribution in [3.8, 4) is 6.07 Å². The summed E-state index contributed by atoms with van der Waals surface area (Å²) in [6.45, 7) is 0.757. The van der Waals surface area contributed by atoms with Crippen LogP contribution in [0.2, 0.25) is 0 Å². The van der Waals surface area contributed by atoms with Crippen LogP contribution in [-0.2, 0) is 18.9 Å². The molecule has 0 aromatic carbocycles. The Morgan fingerprint density at radius 1 is 1.00 bits per heavy atom. The van der Waals surface area contributed by atoms with Crippen molar-refractivity contribution in [3.63, 3.8) is 0 Å². The minimum atomic E-state index is -1.72. The Labute approximate surface area is 172 Å². The van der Waals surface area contributed by atoms with Crippen LogP contribution in [-0.4, -0.2) is 115 Å². The van der Waals surface area contributed by atoms with Crippen molar-refractivity contribution in [2.45, 2.75) is 86.5 Å². The van der Waals surface area contributed by atoms with E-state index < -0.39 is 79.7 Å². The van der Waals surface area contributed by atoms with E-state index in [1.165, 1.54) is 19.1 Å². The summed E-state index contributed by atoms with van der Waals surface area (Å²) in [4.78, 5) is 0. The van der Waals surface area contributed by atoms with Crippen LogP contribution in [0.4, 0.5) is 0 Å². The summed E-state index contributed by atoms with van der Waals surface area (Å²) < 4.78 is 21.8. The zero-order valence-electron chi connectivity index (χ0n) is 16.1. The van der Waals surface area contributed by atoms with Gasteiger partial charge >= 0.3 is 0 Å². The highest BCUT2D eigenvalue weighted by Gasteiger charge is 2.52. The fraction of sp³-hybridized carbons (Fsp3) is 0.833. The smallest absolute Gasteiger partial charge is 0.189 e. The first kappa shape index (κ1) is 23.5. The Bertz CT molecular complexity index is 669. The van der Waals surface area contributed by atoms with Crippen molar-refractivity contribution < 1.29 is 54.7 Å². The van der Waals surface area contributed by atoms with Gasteiger partial charge in [0, 0.05) is 6.42 Å². The van der Waals surface area contributed by atoms with E-state index in [0.717, 1.165) is 0 Å². The molecule has 7 N–H and O–H groups in total. The molecule has 2 fully saturated rings. The van der Waals surface area contributed by atoms with Gasteiger partial charge in [0.25, 0.3) is 0 Å². The molecule has 12 heteroatoms. The average Bonchev–Trinajstić information content (AvgIpc) is 3.10. The summed E-state index contributed by atoms with van der Waals surface area (Å²) >= 11 is 0. The van der Waals surface area contributed by atoms with E-state index in [9.17, 15) is 41.0 Å². The maximum absolute atomic E-state index is 10.5. The molecule has 2 saturated heterocycles. The minimum absolute atomic E-state index is 0.101. The third kappa shape index (κ3) is 4.38. The molecule has 12 nitrogen and oxygen atoms in total. The molecule has 0 amide bonds. The molecule has 170 valence electrons. The van der Waals surface area contributed by atoms with Gasteiger partial charge in [-0.25, -0.2) is 0 Å². The van der Waals surface area contributed by atoms with Crippen molar-refractivity contribution >= 4 is 0 Å². The van der Waals surface area contributed by atoms with Crippen molar-refractivity contribution in [2.75, 3.05) is 6.61 Å². The molecule has 0 aromatic rings. The van der Waals surface area contributed by atoms with E-state index in [1.807, 2.05) is 6.07 Å². The van der Waals surface area contributed by atoms with Gasteiger partial charge in [0.1, 0.15) is 48.8 Å². The molecule has 2 heterocycles. The minimum Gasteiger partial charge on any atom is -0.394 e. The largest absolute Gasteiger partial charge is 0.394 e. The molecule has 30 heavy (non-hydrogen) atoms. The Morgan fingerprint density at radius 3 is 2.23 bits per heavy atom. The SMILES string of the molecule is C[C@H]1O[C@@H](O[C@H]2[C@H](O)[C@@H](O)[C@H](O[C@]3(C#N)C=C[C@@H](O)C3)O[C@@H]2CO)[C@@H](O)[C@@H](O)[C@@H]1O. The number of hydrogen-bond donors (Lipinski definition) is 7. The number of nitriles is 1. The van der Waals surface area contributed by atoms with Crippen LogP contribution in [0.15, 0.2) is 12.2 Å². The van der Waals surface area contributed by atoms with Crippen LogP contribution >= 0.6 is 0 Å². The molecule has 3 rings (SSSR count). The van der Waals surface area contributed by atoms with Gasteiger partial charge < -0.3 is 54.7 Å². The second-order valence-corrected chi connectivity index (χ2v) is 7.74. The standard InChI is InChI=1S/C18H27NO11/c1-7-10(22)11(23)13(25)16(27-7)29-15-9(5-20)28-17(14(26)12(15)24)30-18(6-19)3-2-8(21)4-18/h2-3,7-17,20-26H,4-5H2,1H3/t7-,8-,9-,10-,11+,12-,13+,14-,15-,16+,17+,18-/m1/s1. The van der Waals surface area contributed by atoms with E-state index in [-0.39, 0.29) is 6.42 Å². The van der Waals surface area contributed by atoms with Crippen LogP contribution < -0.4 is 0 Å². The predicted molar refractivity (Wildman–Crippen MR) is 94.2 cm³/mol. The fourth-order valence-electron chi connectivity index (χ4n) is 3.72. The maximum Gasteiger partial charge on any atom is 0.189 e. The third-order valence-corrected chi connectivity index (χ3v) is 5.54. The molecule has 0 aromatic heterocycles. The zero-order chi connectivity index (χ0) is 22.2. The Balaban J connectivity index is 1.72. The van der Waals surface area contributed by atoms with Gasteiger partial charge in [-0.3, -0.25) is 0 Å². The second-order valence-electron chi connectivity index (χ2n) is 7.74. The Kier molecular flexibility index (Phi) is 7.12. The quantitative estimate of drug-likeness (QED) is 0.209. The zero-order valence-corrected chi connectivity index (χ0v) is 16.1. The van der Waals surface area contributed by atoms with E-state index in [0.29, 0.717) is 0 Å². The lowest BCUT2D eigenvalue weighted by molar-refractivity contribution is -0.361. The summed E-state index contributed by atoms with van der Waals surface area (Å²) in [5.41, 5.74) is -1.59. The van der Waals surface area contributed by atoms with Gasteiger partial charge in [0.05, 0.1) is 18.8 Å². The third-order valence-electron chi connectivity index (χ3n) is 5.54. The van der Waals surface area contributed by atoms with Gasteiger partial charge in [0.2, 0.25) is 0 Å². The van der Waals surface area contributed by atoms with E-state index in [2.05, 4.69) is 0 Å². The summed E-state index contributed by atoms with van der Waals surface area (Å²) in [5.74, 6) is 0. The van der Waals surface area contributed by atoms with Crippen molar-refractivity contribution in [3.05, 3.63) is 12.2 Å². The van der Waals surface area contributed by atoms with Crippen molar-refractivity contribution in [1.29, 1.82) is 5.26 Å². The van der Waals surface area contributed by atoms with Gasteiger partial charge in [-0.2, -0.15) is 5.26 Å². The van der Waals surface area contributed by atoms with Crippen LogP contribution in [0.1, 0.15) is 13.3 Å². The molecule has 0 unspecified atom stereocenters. The lowest BCUT2D eigenvalue weighted by Gasteiger charge is -2.46. The number of rotatable bonds is 5. The molecule has 1 aliphatic carbocycles. The molecule has 0 bridgehead atoms. The average molecular weight is 433 g/mol. The first-order valence-corrected chi connectivity index (χ1v) is 9.56. The number of aliphatic hydroxyl groups is 7. The number of aliphatic hydroxyl groups excluding tert-OH is 7. The molecular weight excluding hydrogens is 406 g/mol. The van der Waals surface area contributed by atoms with E-state index >= 15 is 0 Å². The molecular formula is C18H27NO11. The highest BCUT2D eigenvalue weighted by molar-refractivity contribution is 5.24. The summed E-state index contributed by atoms with van der Waals surface area (Å²) in [6.07, 6.45) is -12.9. The summed E-state index contributed by atoms with van der Waals surface area (Å²) in [7, 11) is 0. The first-order chi connectivity index (χ1) is 14.1. The predicted octanol–water partition coefficient (Wildman–Crippen LogP) is -3.76. The van der Waals surface area contributed by atoms with Gasteiger partial charge in [-0.1, -0.05) is 6.08 Å². The molecule has 0 spiro atoms. The highest BCUT2D eigenvalue weighted by atomic mass is 16.7. The lowest BCUT2D eigenvalue weighted by Crippen LogP contribution is -2.64. The van der Waals surface area contributed by atoms with Gasteiger partial charge in [-0.05, 0) is 13.0 Å². The monoisotopic (exact) mass is 433 g/mol. The van der Waals surface area contributed by atoms with Crippen LogP contribution in [0.5, 0.6) is 0 Å². The highest BCUT2D eigenvalue weighted by Crippen LogP contribution is 2.34. The van der Waals surface area contributed by atoms with Crippen LogP contribution in [0.25, 0.3) is 0 Å². The first-order valence-electron chi connectivity index (χ1n) is 9.56. The molecule has 3 aliphatic rings. The molecule has 0 saturated carbocycles. The summed E-state index contributed by atoms with van der Waals surface area (Å²) in [5, 5.41) is 79.5. The van der Waals surface area contributed by atoms with Crippen molar-refractivity contribution in [2.24, 2.45) is 0 Å². The van der Waals surface area contributed by atoms with Crippen LogP contribution in [0, 0.1) is 11.3 Å². The fourth-order valence-corrected chi connectivity index (χ4v) is 3.72. The lowest BCUT2D eigenvalue weighted by atomic mass is 9.96. The number of ether oxygens (including phenoxy) is 4. The summed E-state index contributed by atoms with van der Waals surface area (Å²) in [6, 6.07) is 1.88. The molecule has 0 radical (unpaired) electrons. The molecule has 2 aliphatic heterocycles. The second kappa shape index (κ2) is 9.11. The van der Waals surface area contributed by atoms with Gasteiger partial charge in [0.15, 0.2) is 18.2 Å². The van der Waals surface area contributed by atoms with Crippen molar-refractivity contribution in [1.82, 2.24) is 0 Å². The Hall–Kier alpha value is -1.21. The normalized spacial score (nSPS) is 51.6. The Morgan fingerprint density at radius 2 is 1.67 bits per heavy atom. The molecule has 12 atom stereocenters. The van der Waals surface area contributed by atoms with Gasteiger partial charge in [-0.15, -0.1) is 0 Å². The number of hydrogen-bond acceptors (Lipinski definition) is 12. The topological polar surface area (TPSA) is 202 Å².